The first-order valence-electron chi connectivity index (χ1n) is 6.32. The zero-order valence-corrected chi connectivity index (χ0v) is 10.5. The first-order valence-corrected chi connectivity index (χ1v) is 6.32. The van der Waals surface area contributed by atoms with Crippen LogP contribution < -0.4 is 10.6 Å². The summed E-state index contributed by atoms with van der Waals surface area (Å²) in [4.78, 5) is 23.0. The summed E-state index contributed by atoms with van der Waals surface area (Å²) in [5.74, 6) is -1.19. The molecule has 1 heterocycles. The van der Waals surface area contributed by atoms with Gasteiger partial charge >= 0.3 is 5.97 Å². The van der Waals surface area contributed by atoms with Crippen LogP contribution in [0.15, 0.2) is 0 Å². The van der Waals surface area contributed by atoms with E-state index in [0.717, 1.165) is 32.2 Å². The first-order chi connectivity index (χ1) is 8.06. The molecule has 1 rings (SSSR count). The summed E-state index contributed by atoms with van der Waals surface area (Å²) in [6, 6.07) is -1.01. The smallest absolute Gasteiger partial charge is 0.326 e. The number of nitrogens with one attached hydrogen (secondary N) is 2. The summed E-state index contributed by atoms with van der Waals surface area (Å²) in [6.07, 6.45) is 3.62. The average Bonchev–Trinajstić information content (AvgIpc) is 2.35. The van der Waals surface area contributed by atoms with Crippen LogP contribution in [0.1, 0.15) is 39.5 Å². The topological polar surface area (TPSA) is 78.4 Å². The van der Waals surface area contributed by atoms with Gasteiger partial charge in [0.05, 0.1) is 6.04 Å². The van der Waals surface area contributed by atoms with E-state index in [1.54, 1.807) is 0 Å². The maximum absolute atomic E-state index is 11.9. The largest absolute Gasteiger partial charge is 0.480 e. The predicted molar refractivity (Wildman–Crippen MR) is 64.7 cm³/mol. The van der Waals surface area contributed by atoms with Crippen LogP contribution in [0.5, 0.6) is 0 Å². The van der Waals surface area contributed by atoms with Crippen LogP contribution in [0.3, 0.4) is 0 Å². The first kappa shape index (κ1) is 14.0. The number of carbonyl (C=O) groups excluding carboxylic acids is 1. The van der Waals surface area contributed by atoms with E-state index in [-0.39, 0.29) is 17.9 Å². The van der Waals surface area contributed by atoms with Crippen molar-refractivity contribution in [1.29, 1.82) is 0 Å². The third kappa shape index (κ3) is 4.00. The van der Waals surface area contributed by atoms with Crippen molar-refractivity contribution in [2.24, 2.45) is 5.92 Å². The monoisotopic (exact) mass is 242 g/mol. The number of piperidine rings is 1. The van der Waals surface area contributed by atoms with Gasteiger partial charge in [0.1, 0.15) is 6.04 Å². The lowest BCUT2D eigenvalue weighted by molar-refractivity contribution is -0.143. The predicted octanol–water partition coefficient (Wildman–Crippen LogP) is 0.744. The molecule has 0 aromatic heterocycles. The SMILES string of the molecule is CC[C@H](C)[C@H](NC(=O)[C@H]1CCCCN1)C(=O)O. The summed E-state index contributed by atoms with van der Waals surface area (Å²) in [6.45, 7) is 4.60. The number of hydrogen-bond donors (Lipinski definition) is 3. The number of aliphatic carboxylic acids is 1. The van der Waals surface area contributed by atoms with Crippen LogP contribution in [0.25, 0.3) is 0 Å². The third-order valence-corrected chi connectivity index (χ3v) is 3.40. The molecule has 3 N–H and O–H groups in total. The molecule has 1 aliphatic rings. The molecule has 0 aromatic carbocycles. The van der Waals surface area contributed by atoms with Gasteiger partial charge < -0.3 is 15.7 Å². The molecule has 1 saturated heterocycles. The molecule has 5 nitrogen and oxygen atoms in total. The minimum atomic E-state index is -0.955. The Morgan fingerprint density at radius 2 is 2.18 bits per heavy atom. The van der Waals surface area contributed by atoms with Gasteiger partial charge in [-0.2, -0.15) is 0 Å². The maximum Gasteiger partial charge on any atom is 0.326 e. The van der Waals surface area contributed by atoms with Crippen molar-refractivity contribution in [1.82, 2.24) is 10.6 Å². The van der Waals surface area contributed by atoms with Crippen molar-refractivity contribution in [3.05, 3.63) is 0 Å². The van der Waals surface area contributed by atoms with E-state index in [2.05, 4.69) is 10.6 Å². The van der Waals surface area contributed by atoms with Gasteiger partial charge in [-0.15, -0.1) is 0 Å². The minimum absolute atomic E-state index is 0.0555. The molecule has 5 heteroatoms. The maximum atomic E-state index is 11.9. The van der Waals surface area contributed by atoms with Gasteiger partial charge in [0.25, 0.3) is 0 Å². The molecule has 0 radical (unpaired) electrons. The molecule has 0 spiro atoms. The summed E-state index contributed by atoms with van der Waals surface area (Å²) in [7, 11) is 0. The van der Waals surface area contributed by atoms with Crippen molar-refractivity contribution in [3.63, 3.8) is 0 Å². The second-order valence-corrected chi connectivity index (χ2v) is 4.71. The van der Waals surface area contributed by atoms with E-state index in [0.29, 0.717) is 0 Å². The van der Waals surface area contributed by atoms with Crippen LogP contribution in [0.4, 0.5) is 0 Å². The highest BCUT2D eigenvalue weighted by Gasteiger charge is 2.29. The second-order valence-electron chi connectivity index (χ2n) is 4.71. The van der Waals surface area contributed by atoms with E-state index < -0.39 is 12.0 Å². The Labute approximate surface area is 102 Å². The van der Waals surface area contributed by atoms with Crippen molar-refractivity contribution >= 4 is 11.9 Å². The highest BCUT2D eigenvalue weighted by Crippen LogP contribution is 2.11. The van der Waals surface area contributed by atoms with Crippen LogP contribution in [0, 0.1) is 5.92 Å². The van der Waals surface area contributed by atoms with Gasteiger partial charge in [-0.05, 0) is 25.3 Å². The third-order valence-electron chi connectivity index (χ3n) is 3.40. The van der Waals surface area contributed by atoms with Gasteiger partial charge in [0.15, 0.2) is 0 Å². The average molecular weight is 242 g/mol. The zero-order chi connectivity index (χ0) is 12.8. The van der Waals surface area contributed by atoms with Crippen molar-refractivity contribution in [2.45, 2.75) is 51.6 Å². The Morgan fingerprint density at radius 3 is 2.65 bits per heavy atom. The molecule has 1 amide bonds. The molecule has 98 valence electrons. The van der Waals surface area contributed by atoms with Gasteiger partial charge in [0.2, 0.25) is 5.91 Å². The Morgan fingerprint density at radius 1 is 1.47 bits per heavy atom. The molecule has 0 saturated carbocycles. The summed E-state index contributed by atoms with van der Waals surface area (Å²) in [5.41, 5.74) is 0. The Kier molecular flexibility index (Phi) is 5.41. The Hall–Kier alpha value is -1.10. The molecule has 17 heavy (non-hydrogen) atoms. The lowest BCUT2D eigenvalue weighted by atomic mass is 9.98. The van der Waals surface area contributed by atoms with E-state index in [1.807, 2.05) is 13.8 Å². The Balaban J connectivity index is 2.53. The van der Waals surface area contributed by atoms with Gasteiger partial charge in [-0.25, -0.2) is 4.79 Å². The standard InChI is InChI=1S/C12H22N2O3/c1-3-8(2)10(12(16)17)14-11(15)9-6-4-5-7-13-9/h8-10,13H,3-7H2,1-2H3,(H,14,15)(H,16,17)/t8-,9+,10-/m0/s1. The number of carboxylic acids is 1. The molecule has 0 aromatic rings. The van der Waals surface area contributed by atoms with Gasteiger partial charge in [0, 0.05) is 0 Å². The van der Waals surface area contributed by atoms with Crippen molar-refractivity contribution in [2.75, 3.05) is 6.54 Å². The molecule has 0 aliphatic carbocycles. The summed E-state index contributed by atoms with van der Waals surface area (Å²) < 4.78 is 0. The molecule has 0 unspecified atom stereocenters. The van der Waals surface area contributed by atoms with E-state index in [1.165, 1.54) is 0 Å². The van der Waals surface area contributed by atoms with Crippen molar-refractivity contribution < 1.29 is 14.7 Å². The molecular formula is C12H22N2O3. The van der Waals surface area contributed by atoms with Crippen LogP contribution in [-0.4, -0.2) is 35.6 Å². The van der Waals surface area contributed by atoms with Crippen molar-refractivity contribution in [3.8, 4) is 0 Å². The molecule has 3 atom stereocenters. The van der Waals surface area contributed by atoms with Gasteiger partial charge in [-0.1, -0.05) is 26.7 Å². The molecular weight excluding hydrogens is 220 g/mol. The fourth-order valence-corrected chi connectivity index (χ4v) is 2.01. The van der Waals surface area contributed by atoms with Crippen LogP contribution in [0.2, 0.25) is 0 Å². The minimum Gasteiger partial charge on any atom is -0.480 e. The lowest BCUT2D eigenvalue weighted by Gasteiger charge is -2.26. The normalized spacial score (nSPS) is 23.8. The summed E-state index contributed by atoms with van der Waals surface area (Å²) >= 11 is 0. The fraction of sp³-hybridized carbons (Fsp3) is 0.833. The zero-order valence-electron chi connectivity index (χ0n) is 10.5. The van der Waals surface area contributed by atoms with Gasteiger partial charge in [-0.3, -0.25) is 4.79 Å². The van der Waals surface area contributed by atoms with E-state index in [9.17, 15) is 9.59 Å². The van der Waals surface area contributed by atoms with Crippen LogP contribution >= 0.6 is 0 Å². The number of rotatable bonds is 5. The second kappa shape index (κ2) is 6.59. The number of carboxylic acid groups (broad SMARTS) is 1. The molecule has 1 fully saturated rings. The quantitative estimate of drug-likeness (QED) is 0.664. The van der Waals surface area contributed by atoms with E-state index in [4.69, 9.17) is 5.11 Å². The summed E-state index contributed by atoms with van der Waals surface area (Å²) in [5, 5.41) is 14.8. The number of hydrogen-bond acceptors (Lipinski definition) is 3. The highest BCUT2D eigenvalue weighted by atomic mass is 16.4. The lowest BCUT2D eigenvalue weighted by Crippen LogP contribution is -2.53. The van der Waals surface area contributed by atoms with E-state index >= 15 is 0 Å². The number of carbonyl (C=O) groups is 2. The molecule has 0 bridgehead atoms. The van der Waals surface area contributed by atoms with Crippen LogP contribution in [-0.2, 0) is 9.59 Å². The number of amides is 1. The fourth-order valence-electron chi connectivity index (χ4n) is 2.01. The molecule has 1 aliphatic heterocycles. The highest BCUT2D eigenvalue weighted by molar-refractivity contribution is 5.87. The Bertz CT molecular complexity index is 275.